The minimum absolute atomic E-state index is 0.119. The SMILES string of the molecule is CO/N=C1/C[C@@H](C(=O)N(C)C)N(C(=O)c2ccc(-c3ccccc3C)cc2)C1. The van der Waals surface area contributed by atoms with Gasteiger partial charge in [0.05, 0.1) is 12.3 Å². The standard InChI is InChI=1S/C22H25N3O3/c1-15-7-5-6-8-19(15)16-9-11-17(12-10-16)21(26)25-14-18(23-28-4)13-20(25)22(27)24(2)3/h5-12,20H,13-14H2,1-4H3/b23-18-/t20-/m0/s1. The lowest BCUT2D eigenvalue weighted by atomic mass is 9.99. The Balaban J connectivity index is 1.86. The van der Waals surface area contributed by atoms with Crippen LogP contribution >= 0.6 is 0 Å². The fourth-order valence-electron chi connectivity index (χ4n) is 3.49. The number of likely N-dealkylation sites (N-methyl/N-ethyl adjacent to an activating group) is 1. The molecule has 0 bridgehead atoms. The fourth-order valence-corrected chi connectivity index (χ4v) is 3.49. The first-order valence-electron chi connectivity index (χ1n) is 9.19. The van der Waals surface area contributed by atoms with Gasteiger partial charge in [-0.25, -0.2) is 0 Å². The molecule has 0 radical (unpaired) electrons. The summed E-state index contributed by atoms with van der Waals surface area (Å²) in [4.78, 5) is 33.6. The maximum Gasteiger partial charge on any atom is 0.254 e. The number of aryl methyl sites for hydroxylation is 1. The highest BCUT2D eigenvalue weighted by molar-refractivity contribution is 6.05. The summed E-state index contributed by atoms with van der Waals surface area (Å²) in [5.74, 6) is -0.302. The molecule has 1 heterocycles. The molecule has 0 aliphatic carbocycles. The molecule has 1 fully saturated rings. The van der Waals surface area contributed by atoms with Crippen molar-refractivity contribution in [2.24, 2.45) is 5.16 Å². The van der Waals surface area contributed by atoms with Crippen LogP contribution in [0, 0.1) is 6.92 Å². The minimum atomic E-state index is -0.563. The number of oxime groups is 1. The molecule has 1 aliphatic rings. The maximum absolute atomic E-state index is 13.1. The molecule has 2 amide bonds. The van der Waals surface area contributed by atoms with E-state index in [1.165, 1.54) is 17.6 Å². The predicted octanol–water partition coefficient (Wildman–Crippen LogP) is 2.97. The smallest absolute Gasteiger partial charge is 0.254 e. The highest BCUT2D eigenvalue weighted by atomic mass is 16.6. The minimum Gasteiger partial charge on any atom is -0.399 e. The van der Waals surface area contributed by atoms with Crippen molar-refractivity contribution in [3.8, 4) is 11.1 Å². The van der Waals surface area contributed by atoms with Gasteiger partial charge in [0.15, 0.2) is 0 Å². The second-order valence-corrected chi connectivity index (χ2v) is 7.12. The van der Waals surface area contributed by atoms with Crippen LogP contribution in [-0.4, -0.2) is 61.1 Å². The summed E-state index contributed by atoms with van der Waals surface area (Å²) >= 11 is 0. The normalized spacial score (nSPS) is 17.6. The van der Waals surface area contributed by atoms with Crippen molar-refractivity contribution in [2.45, 2.75) is 19.4 Å². The van der Waals surface area contributed by atoms with Crippen LogP contribution in [0.25, 0.3) is 11.1 Å². The Bertz CT molecular complexity index is 903. The Hall–Kier alpha value is -3.15. The van der Waals surface area contributed by atoms with Gasteiger partial charge in [0, 0.05) is 26.1 Å². The number of hydrogen-bond acceptors (Lipinski definition) is 4. The van der Waals surface area contributed by atoms with E-state index in [0.717, 1.165) is 11.1 Å². The maximum atomic E-state index is 13.1. The lowest BCUT2D eigenvalue weighted by Gasteiger charge is -2.25. The molecule has 1 atom stereocenters. The van der Waals surface area contributed by atoms with E-state index in [1.807, 2.05) is 36.4 Å². The third-order valence-corrected chi connectivity index (χ3v) is 4.95. The molecule has 146 valence electrons. The van der Waals surface area contributed by atoms with Gasteiger partial charge in [-0.3, -0.25) is 9.59 Å². The lowest BCUT2D eigenvalue weighted by molar-refractivity contribution is -0.132. The number of rotatable bonds is 4. The number of carbonyl (C=O) groups excluding carboxylic acids is 2. The van der Waals surface area contributed by atoms with Crippen LogP contribution in [0.4, 0.5) is 0 Å². The van der Waals surface area contributed by atoms with E-state index in [2.05, 4.69) is 24.2 Å². The van der Waals surface area contributed by atoms with Gasteiger partial charge in [0.25, 0.3) is 5.91 Å². The molecule has 3 rings (SSSR count). The summed E-state index contributed by atoms with van der Waals surface area (Å²) in [6, 6.07) is 15.1. The molecule has 1 aliphatic heterocycles. The van der Waals surface area contributed by atoms with Crippen LogP contribution in [0.15, 0.2) is 53.7 Å². The molecular formula is C22H25N3O3. The van der Waals surface area contributed by atoms with Crippen LogP contribution in [0.3, 0.4) is 0 Å². The van der Waals surface area contributed by atoms with Gasteiger partial charge in [0.1, 0.15) is 13.2 Å². The Morgan fingerprint density at radius 3 is 2.39 bits per heavy atom. The third-order valence-electron chi connectivity index (χ3n) is 4.95. The van der Waals surface area contributed by atoms with E-state index in [-0.39, 0.29) is 18.4 Å². The number of hydrogen-bond donors (Lipinski definition) is 0. The lowest BCUT2D eigenvalue weighted by Crippen LogP contribution is -2.45. The molecular weight excluding hydrogens is 354 g/mol. The van der Waals surface area contributed by atoms with Crippen LogP contribution in [0.1, 0.15) is 22.3 Å². The summed E-state index contributed by atoms with van der Waals surface area (Å²) in [6.07, 6.45) is 0.387. The molecule has 0 saturated carbocycles. The zero-order chi connectivity index (χ0) is 20.3. The second kappa shape index (κ2) is 8.25. The van der Waals surface area contributed by atoms with E-state index in [9.17, 15) is 9.59 Å². The van der Waals surface area contributed by atoms with Gasteiger partial charge in [-0.15, -0.1) is 0 Å². The zero-order valence-corrected chi connectivity index (χ0v) is 16.7. The molecule has 2 aromatic carbocycles. The molecule has 2 aromatic rings. The number of nitrogens with zero attached hydrogens (tertiary/aromatic N) is 3. The van der Waals surface area contributed by atoms with Crippen LogP contribution < -0.4 is 0 Å². The summed E-state index contributed by atoms with van der Waals surface area (Å²) in [6.45, 7) is 2.35. The first-order valence-corrected chi connectivity index (χ1v) is 9.19. The van der Waals surface area contributed by atoms with E-state index in [0.29, 0.717) is 17.7 Å². The summed E-state index contributed by atoms with van der Waals surface area (Å²) in [5, 5.41) is 3.96. The van der Waals surface area contributed by atoms with Crippen molar-refractivity contribution in [3.05, 3.63) is 59.7 Å². The van der Waals surface area contributed by atoms with Crippen LogP contribution in [0.5, 0.6) is 0 Å². The molecule has 1 saturated heterocycles. The average molecular weight is 379 g/mol. The van der Waals surface area contributed by atoms with Gasteiger partial charge >= 0.3 is 0 Å². The number of carbonyl (C=O) groups is 2. The largest absolute Gasteiger partial charge is 0.399 e. The Labute approximate surface area is 165 Å². The first kappa shape index (κ1) is 19.6. The predicted molar refractivity (Wildman–Crippen MR) is 109 cm³/mol. The van der Waals surface area contributed by atoms with Gasteiger partial charge < -0.3 is 14.6 Å². The number of benzene rings is 2. The molecule has 0 N–H and O–H groups in total. The highest BCUT2D eigenvalue weighted by Gasteiger charge is 2.39. The summed E-state index contributed by atoms with van der Waals surface area (Å²) in [7, 11) is 4.84. The van der Waals surface area contributed by atoms with E-state index in [1.54, 1.807) is 19.0 Å². The van der Waals surface area contributed by atoms with Crippen molar-refractivity contribution in [2.75, 3.05) is 27.7 Å². The molecule has 0 unspecified atom stereocenters. The Morgan fingerprint density at radius 2 is 1.79 bits per heavy atom. The topological polar surface area (TPSA) is 62.2 Å². The van der Waals surface area contributed by atoms with Gasteiger partial charge in [0.2, 0.25) is 5.91 Å². The van der Waals surface area contributed by atoms with Gasteiger partial charge in [-0.1, -0.05) is 41.6 Å². The van der Waals surface area contributed by atoms with Crippen molar-refractivity contribution >= 4 is 17.5 Å². The van der Waals surface area contributed by atoms with E-state index in [4.69, 9.17) is 4.84 Å². The van der Waals surface area contributed by atoms with Crippen molar-refractivity contribution in [1.29, 1.82) is 0 Å². The van der Waals surface area contributed by atoms with Crippen molar-refractivity contribution in [3.63, 3.8) is 0 Å². The molecule has 0 spiro atoms. The molecule has 6 heteroatoms. The van der Waals surface area contributed by atoms with Crippen LogP contribution in [-0.2, 0) is 9.63 Å². The fraction of sp³-hybridized carbons (Fsp3) is 0.318. The Morgan fingerprint density at radius 1 is 1.11 bits per heavy atom. The van der Waals surface area contributed by atoms with Gasteiger partial charge in [-0.2, -0.15) is 0 Å². The number of amides is 2. The Kier molecular flexibility index (Phi) is 5.78. The van der Waals surface area contributed by atoms with E-state index < -0.39 is 6.04 Å². The quantitative estimate of drug-likeness (QED) is 0.768. The summed E-state index contributed by atoms with van der Waals surface area (Å²) in [5.41, 5.74) is 4.61. The highest BCUT2D eigenvalue weighted by Crippen LogP contribution is 2.25. The average Bonchev–Trinajstić information content (AvgIpc) is 3.11. The van der Waals surface area contributed by atoms with Gasteiger partial charge in [-0.05, 0) is 35.7 Å². The summed E-state index contributed by atoms with van der Waals surface area (Å²) < 4.78 is 0. The first-order chi connectivity index (χ1) is 13.4. The van der Waals surface area contributed by atoms with Crippen LogP contribution in [0.2, 0.25) is 0 Å². The molecule has 28 heavy (non-hydrogen) atoms. The zero-order valence-electron chi connectivity index (χ0n) is 16.7. The van der Waals surface area contributed by atoms with E-state index >= 15 is 0 Å². The third kappa shape index (κ3) is 3.91. The molecule has 6 nitrogen and oxygen atoms in total. The monoisotopic (exact) mass is 379 g/mol. The second-order valence-electron chi connectivity index (χ2n) is 7.12. The number of likely N-dealkylation sites (tertiary alicyclic amines) is 1. The molecule has 0 aromatic heterocycles. The van der Waals surface area contributed by atoms with Crippen molar-refractivity contribution in [1.82, 2.24) is 9.80 Å². The van der Waals surface area contributed by atoms with Crippen molar-refractivity contribution < 1.29 is 14.4 Å².